The van der Waals surface area contributed by atoms with E-state index < -0.39 is 0 Å². The molecule has 0 fully saturated rings. The van der Waals surface area contributed by atoms with Crippen LogP contribution in [0.4, 0.5) is 0 Å². The molecule has 0 spiro atoms. The predicted octanol–water partition coefficient (Wildman–Crippen LogP) is 2.74. The molecule has 4 nitrogen and oxygen atoms in total. The minimum absolute atomic E-state index is 0.0333. The summed E-state index contributed by atoms with van der Waals surface area (Å²) in [5.41, 5.74) is 2.05. The lowest BCUT2D eigenvalue weighted by Gasteiger charge is -2.18. The van der Waals surface area contributed by atoms with Crippen LogP contribution in [0.2, 0.25) is 5.02 Å². The second-order valence-electron chi connectivity index (χ2n) is 5.76. The Bertz CT molecular complexity index is 614. The Kier molecular flexibility index (Phi) is 6.56. The van der Waals surface area contributed by atoms with Gasteiger partial charge < -0.3 is 10.2 Å². The van der Waals surface area contributed by atoms with Crippen LogP contribution >= 0.6 is 11.6 Å². The van der Waals surface area contributed by atoms with Crippen molar-refractivity contribution in [3.8, 4) is 0 Å². The van der Waals surface area contributed by atoms with Gasteiger partial charge in [0.05, 0.1) is 5.92 Å². The molecule has 1 aromatic carbocycles. The summed E-state index contributed by atoms with van der Waals surface area (Å²) >= 11 is 5.96. The molecule has 0 aliphatic rings. The Labute approximate surface area is 142 Å². The van der Waals surface area contributed by atoms with Crippen LogP contribution < -0.4 is 5.32 Å². The molecule has 0 saturated carbocycles. The second kappa shape index (κ2) is 8.65. The van der Waals surface area contributed by atoms with E-state index in [0.717, 1.165) is 17.7 Å². The molecule has 1 amide bonds. The number of nitrogens with one attached hydrogen (secondary N) is 1. The molecular weight excluding hydrogens is 310 g/mol. The lowest BCUT2D eigenvalue weighted by atomic mass is 9.91. The molecule has 0 radical (unpaired) electrons. The SMILES string of the molecule is CN(C)CCNC(=O)C(Cc1ccncc1)c1ccc(Cl)cc1. The van der Waals surface area contributed by atoms with Crippen LogP contribution in [0.15, 0.2) is 48.8 Å². The van der Waals surface area contributed by atoms with Crippen molar-refractivity contribution in [2.24, 2.45) is 0 Å². The maximum absolute atomic E-state index is 12.6. The number of rotatable bonds is 7. The molecule has 1 unspecified atom stereocenters. The molecule has 1 aromatic heterocycles. The molecule has 0 aliphatic carbocycles. The van der Waals surface area contributed by atoms with Crippen molar-refractivity contribution in [2.45, 2.75) is 12.3 Å². The van der Waals surface area contributed by atoms with Crippen LogP contribution in [0.5, 0.6) is 0 Å². The van der Waals surface area contributed by atoms with Crippen LogP contribution in [0.25, 0.3) is 0 Å². The summed E-state index contributed by atoms with van der Waals surface area (Å²) in [6, 6.07) is 11.4. The van der Waals surface area contributed by atoms with E-state index in [0.29, 0.717) is 18.0 Å². The van der Waals surface area contributed by atoms with Crippen LogP contribution in [0.3, 0.4) is 0 Å². The first-order valence-electron chi connectivity index (χ1n) is 7.63. The van der Waals surface area contributed by atoms with Gasteiger partial charge in [0.2, 0.25) is 5.91 Å². The largest absolute Gasteiger partial charge is 0.354 e. The van der Waals surface area contributed by atoms with E-state index in [2.05, 4.69) is 10.3 Å². The van der Waals surface area contributed by atoms with E-state index in [1.165, 1.54) is 0 Å². The number of benzene rings is 1. The second-order valence-corrected chi connectivity index (χ2v) is 6.19. The van der Waals surface area contributed by atoms with Gasteiger partial charge in [-0.15, -0.1) is 0 Å². The first kappa shape index (κ1) is 17.4. The highest BCUT2D eigenvalue weighted by Crippen LogP contribution is 2.23. The maximum atomic E-state index is 12.6. The number of amides is 1. The third-order valence-electron chi connectivity index (χ3n) is 3.64. The molecule has 5 heteroatoms. The Balaban J connectivity index is 2.13. The number of aromatic nitrogens is 1. The maximum Gasteiger partial charge on any atom is 0.227 e. The minimum Gasteiger partial charge on any atom is -0.354 e. The highest BCUT2D eigenvalue weighted by Gasteiger charge is 2.21. The minimum atomic E-state index is -0.239. The predicted molar refractivity (Wildman–Crippen MR) is 93.7 cm³/mol. The van der Waals surface area contributed by atoms with Crippen molar-refractivity contribution in [3.05, 3.63) is 64.9 Å². The van der Waals surface area contributed by atoms with Crippen LogP contribution in [0, 0.1) is 0 Å². The van der Waals surface area contributed by atoms with E-state index in [9.17, 15) is 4.79 Å². The van der Waals surface area contributed by atoms with Crippen molar-refractivity contribution < 1.29 is 4.79 Å². The van der Waals surface area contributed by atoms with Gasteiger partial charge in [-0.25, -0.2) is 0 Å². The van der Waals surface area contributed by atoms with Crippen molar-refractivity contribution in [2.75, 3.05) is 27.2 Å². The normalized spacial score (nSPS) is 12.2. The number of hydrogen-bond donors (Lipinski definition) is 1. The first-order valence-corrected chi connectivity index (χ1v) is 8.01. The van der Waals surface area contributed by atoms with Gasteiger partial charge in [0.25, 0.3) is 0 Å². The summed E-state index contributed by atoms with van der Waals surface area (Å²) in [6.45, 7) is 1.45. The molecule has 23 heavy (non-hydrogen) atoms. The molecule has 1 N–H and O–H groups in total. The Morgan fingerprint density at radius 3 is 2.43 bits per heavy atom. The van der Waals surface area contributed by atoms with Crippen molar-refractivity contribution in [1.82, 2.24) is 15.2 Å². The molecule has 2 aromatic rings. The number of carbonyl (C=O) groups excluding carboxylic acids is 1. The summed E-state index contributed by atoms with van der Waals surface area (Å²) in [6.07, 6.45) is 4.13. The number of halogens is 1. The van der Waals surface area contributed by atoms with Gasteiger partial charge in [-0.2, -0.15) is 0 Å². The van der Waals surface area contributed by atoms with E-state index in [1.54, 1.807) is 12.4 Å². The molecule has 1 heterocycles. The molecule has 0 saturated heterocycles. The number of pyridine rings is 1. The fraction of sp³-hybridized carbons (Fsp3) is 0.333. The number of nitrogens with zero attached hydrogens (tertiary/aromatic N) is 2. The van der Waals surface area contributed by atoms with Gasteiger partial charge in [0.1, 0.15) is 0 Å². The fourth-order valence-electron chi connectivity index (χ4n) is 2.34. The highest BCUT2D eigenvalue weighted by atomic mass is 35.5. The first-order chi connectivity index (χ1) is 11.1. The van der Waals surface area contributed by atoms with Crippen LogP contribution in [-0.2, 0) is 11.2 Å². The Hall–Kier alpha value is -1.91. The molecule has 0 aliphatic heterocycles. The third-order valence-corrected chi connectivity index (χ3v) is 3.89. The topological polar surface area (TPSA) is 45.2 Å². The van der Waals surface area contributed by atoms with Crippen molar-refractivity contribution in [3.63, 3.8) is 0 Å². The molecular formula is C18H22ClN3O. The van der Waals surface area contributed by atoms with Gasteiger partial charge in [0, 0.05) is 30.5 Å². The Morgan fingerprint density at radius 1 is 1.17 bits per heavy atom. The van der Waals surface area contributed by atoms with Crippen molar-refractivity contribution >= 4 is 17.5 Å². The summed E-state index contributed by atoms with van der Waals surface area (Å²) in [5.74, 6) is -0.206. The summed E-state index contributed by atoms with van der Waals surface area (Å²) < 4.78 is 0. The average molecular weight is 332 g/mol. The zero-order valence-corrected chi connectivity index (χ0v) is 14.3. The lowest BCUT2D eigenvalue weighted by Crippen LogP contribution is -2.35. The smallest absolute Gasteiger partial charge is 0.227 e. The van der Waals surface area contributed by atoms with Crippen LogP contribution in [-0.4, -0.2) is 43.0 Å². The Morgan fingerprint density at radius 2 is 1.83 bits per heavy atom. The molecule has 122 valence electrons. The van der Waals surface area contributed by atoms with E-state index in [-0.39, 0.29) is 11.8 Å². The van der Waals surface area contributed by atoms with E-state index in [1.807, 2.05) is 55.4 Å². The number of carbonyl (C=O) groups is 1. The van der Waals surface area contributed by atoms with Gasteiger partial charge in [-0.05, 0) is 55.9 Å². The van der Waals surface area contributed by atoms with Gasteiger partial charge >= 0.3 is 0 Å². The van der Waals surface area contributed by atoms with Crippen molar-refractivity contribution in [1.29, 1.82) is 0 Å². The van der Waals surface area contributed by atoms with E-state index in [4.69, 9.17) is 11.6 Å². The number of likely N-dealkylation sites (N-methyl/N-ethyl adjacent to an activating group) is 1. The lowest BCUT2D eigenvalue weighted by molar-refractivity contribution is -0.122. The zero-order chi connectivity index (χ0) is 16.7. The van der Waals surface area contributed by atoms with Gasteiger partial charge in [-0.1, -0.05) is 23.7 Å². The van der Waals surface area contributed by atoms with Gasteiger partial charge in [-0.3, -0.25) is 9.78 Å². The van der Waals surface area contributed by atoms with Crippen LogP contribution in [0.1, 0.15) is 17.0 Å². The molecule has 0 bridgehead atoms. The number of hydrogen-bond acceptors (Lipinski definition) is 3. The zero-order valence-electron chi connectivity index (χ0n) is 13.5. The van der Waals surface area contributed by atoms with E-state index >= 15 is 0 Å². The molecule has 2 rings (SSSR count). The summed E-state index contributed by atoms with van der Waals surface area (Å²) in [4.78, 5) is 18.7. The van der Waals surface area contributed by atoms with Gasteiger partial charge in [0.15, 0.2) is 0 Å². The quantitative estimate of drug-likeness (QED) is 0.848. The standard InChI is InChI=1S/C18H22ClN3O/c1-22(2)12-11-21-18(23)17(13-14-7-9-20-10-8-14)15-3-5-16(19)6-4-15/h3-10,17H,11-13H2,1-2H3,(H,21,23). The fourth-order valence-corrected chi connectivity index (χ4v) is 2.46. The molecule has 1 atom stereocenters. The monoisotopic (exact) mass is 331 g/mol. The highest BCUT2D eigenvalue weighted by molar-refractivity contribution is 6.30. The summed E-state index contributed by atoms with van der Waals surface area (Å²) in [5, 5.41) is 3.69. The summed E-state index contributed by atoms with van der Waals surface area (Å²) in [7, 11) is 3.97. The third kappa shape index (κ3) is 5.66. The average Bonchev–Trinajstić information content (AvgIpc) is 2.54.